The molecule has 0 fully saturated rings. The highest BCUT2D eigenvalue weighted by molar-refractivity contribution is 5.88. The average molecular weight is 247 g/mol. The van der Waals surface area contributed by atoms with Gasteiger partial charge in [0.2, 0.25) is 0 Å². The molecular formula is C13H13NO4. The van der Waals surface area contributed by atoms with Crippen LogP contribution in [0.1, 0.15) is 21.7 Å². The number of para-hydroxylation sites is 1. The number of carboxylic acids is 1. The summed E-state index contributed by atoms with van der Waals surface area (Å²) in [5.74, 6) is -0.427. The van der Waals surface area contributed by atoms with Gasteiger partial charge in [-0.3, -0.25) is 0 Å². The Morgan fingerprint density at radius 1 is 1.22 bits per heavy atom. The van der Waals surface area contributed by atoms with Crippen molar-refractivity contribution in [3.05, 3.63) is 53.5 Å². The van der Waals surface area contributed by atoms with Gasteiger partial charge in [0.15, 0.2) is 0 Å². The van der Waals surface area contributed by atoms with Crippen molar-refractivity contribution in [2.75, 3.05) is 0 Å². The number of nitrogens with one attached hydrogen (secondary N) is 1. The molecule has 2 aromatic rings. The molecule has 0 saturated carbocycles. The van der Waals surface area contributed by atoms with Crippen LogP contribution in [-0.4, -0.2) is 16.2 Å². The van der Waals surface area contributed by atoms with Crippen LogP contribution in [-0.2, 0) is 13.1 Å². The predicted octanol–water partition coefficient (Wildman–Crippen LogP) is 1.97. The van der Waals surface area contributed by atoms with Gasteiger partial charge in [-0.2, -0.15) is 0 Å². The van der Waals surface area contributed by atoms with Crippen LogP contribution in [0.25, 0.3) is 0 Å². The van der Waals surface area contributed by atoms with Gasteiger partial charge in [-0.25, -0.2) is 4.79 Å². The number of phenols is 1. The lowest BCUT2D eigenvalue weighted by molar-refractivity contribution is 0.0694. The Balaban J connectivity index is 1.95. The summed E-state index contributed by atoms with van der Waals surface area (Å²) >= 11 is 0. The van der Waals surface area contributed by atoms with Crippen molar-refractivity contribution in [2.24, 2.45) is 0 Å². The molecule has 0 saturated heterocycles. The van der Waals surface area contributed by atoms with Gasteiger partial charge in [-0.05, 0) is 12.1 Å². The zero-order valence-corrected chi connectivity index (χ0v) is 9.59. The van der Waals surface area contributed by atoms with E-state index in [4.69, 9.17) is 9.52 Å². The van der Waals surface area contributed by atoms with E-state index in [1.54, 1.807) is 18.2 Å². The number of phenolic OH excluding ortho intramolecular Hbond substituents is 1. The number of carboxylic acid groups (broad SMARTS) is 1. The number of rotatable bonds is 5. The first-order valence-corrected chi connectivity index (χ1v) is 5.45. The van der Waals surface area contributed by atoms with Gasteiger partial charge in [0, 0.05) is 12.1 Å². The quantitative estimate of drug-likeness (QED) is 0.752. The van der Waals surface area contributed by atoms with Crippen molar-refractivity contribution in [3.63, 3.8) is 0 Å². The SMILES string of the molecule is O=C(O)c1ccoc1CNCc1ccccc1O. The Hall–Kier alpha value is -2.27. The normalized spacial score (nSPS) is 10.4. The van der Waals surface area contributed by atoms with Crippen LogP contribution in [0.2, 0.25) is 0 Å². The first kappa shape index (κ1) is 12.2. The molecule has 0 aliphatic heterocycles. The third-order valence-electron chi connectivity index (χ3n) is 2.57. The van der Waals surface area contributed by atoms with E-state index < -0.39 is 5.97 Å². The summed E-state index contributed by atoms with van der Waals surface area (Å²) in [6, 6.07) is 8.38. The highest BCUT2D eigenvalue weighted by Gasteiger charge is 2.12. The molecule has 1 heterocycles. The largest absolute Gasteiger partial charge is 0.508 e. The van der Waals surface area contributed by atoms with E-state index in [1.807, 2.05) is 6.07 Å². The second-order valence-corrected chi connectivity index (χ2v) is 3.79. The Morgan fingerprint density at radius 2 is 2.00 bits per heavy atom. The van der Waals surface area contributed by atoms with Crippen molar-refractivity contribution >= 4 is 5.97 Å². The molecule has 0 atom stereocenters. The smallest absolute Gasteiger partial charge is 0.339 e. The molecule has 0 radical (unpaired) electrons. The number of hydrogen-bond donors (Lipinski definition) is 3. The van der Waals surface area contributed by atoms with E-state index >= 15 is 0 Å². The zero-order chi connectivity index (χ0) is 13.0. The lowest BCUT2D eigenvalue weighted by Crippen LogP contribution is -2.14. The van der Waals surface area contributed by atoms with Gasteiger partial charge in [-0.1, -0.05) is 18.2 Å². The molecule has 0 bridgehead atoms. The van der Waals surface area contributed by atoms with Crippen molar-refractivity contribution in [3.8, 4) is 5.75 Å². The minimum absolute atomic E-state index is 0.153. The summed E-state index contributed by atoms with van der Waals surface area (Å²) in [5.41, 5.74) is 0.903. The summed E-state index contributed by atoms with van der Waals surface area (Å²) in [6.07, 6.45) is 1.35. The van der Waals surface area contributed by atoms with Crippen molar-refractivity contribution in [1.29, 1.82) is 0 Å². The van der Waals surface area contributed by atoms with Crippen molar-refractivity contribution < 1.29 is 19.4 Å². The molecule has 0 aliphatic carbocycles. The van der Waals surface area contributed by atoms with Gasteiger partial charge in [0.1, 0.15) is 17.1 Å². The molecule has 0 unspecified atom stereocenters. The molecule has 3 N–H and O–H groups in total. The van der Waals surface area contributed by atoms with Crippen LogP contribution >= 0.6 is 0 Å². The average Bonchev–Trinajstić information content (AvgIpc) is 2.80. The van der Waals surface area contributed by atoms with Gasteiger partial charge < -0.3 is 19.9 Å². The molecule has 94 valence electrons. The van der Waals surface area contributed by atoms with Crippen LogP contribution in [0.3, 0.4) is 0 Å². The third kappa shape index (κ3) is 2.70. The van der Waals surface area contributed by atoms with Crippen LogP contribution in [0.4, 0.5) is 0 Å². The Morgan fingerprint density at radius 3 is 2.72 bits per heavy atom. The van der Waals surface area contributed by atoms with Crippen LogP contribution < -0.4 is 5.32 Å². The third-order valence-corrected chi connectivity index (χ3v) is 2.57. The molecule has 5 nitrogen and oxygen atoms in total. The second-order valence-electron chi connectivity index (χ2n) is 3.79. The van der Waals surface area contributed by atoms with E-state index in [2.05, 4.69) is 5.32 Å². The highest BCUT2D eigenvalue weighted by atomic mass is 16.4. The topological polar surface area (TPSA) is 82.7 Å². The minimum Gasteiger partial charge on any atom is -0.508 e. The maximum absolute atomic E-state index is 10.8. The minimum atomic E-state index is -1.01. The summed E-state index contributed by atoms with van der Waals surface area (Å²) in [7, 11) is 0. The molecule has 0 amide bonds. The number of carbonyl (C=O) groups is 1. The maximum atomic E-state index is 10.8. The fraction of sp³-hybridized carbons (Fsp3) is 0.154. The van der Waals surface area contributed by atoms with Gasteiger partial charge in [0.25, 0.3) is 0 Å². The number of aromatic carboxylic acids is 1. The Labute approximate surface area is 104 Å². The molecule has 18 heavy (non-hydrogen) atoms. The second kappa shape index (κ2) is 5.37. The summed E-state index contributed by atoms with van der Waals surface area (Å²) < 4.78 is 5.09. The van der Waals surface area contributed by atoms with Crippen molar-refractivity contribution in [2.45, 2.75) is 13.1 Å². The highest BCUT2D eigenvalue weighted by Crippen LogP contribution is 2.15. The first-order chi connectivity index (χ1) is 8.68. The standard InChI is InChI=1S/C13H13NO4/c15-11-4-2-1-3-9(11)7-14-8-12-10(13(16)17)5-6-18-12/h1-6,14-15H,7-8H2,(H,16,17). The lowest BCUT2D eigenvalue weighted by atomic mass is 10.2. The molecular weight excluding hydrogens is 234 g/mol. The Kier molecular flexibility index (Phi) is 3.64. The molecule has 2 rings (SSSR count). The molecule has 5 heteroatoms. The molecule has 0 aliphatic rings. The summed E-state index contributed by atoms with van der Waals surface area (Å²) in [6.45, 7) is 0.732. The number of furan rings is 1. The molecule has 1 aromatic heterocycles. The maximum Gasteiger partial charge on any atom is 0.339 e. The van der Waals surface area contributed by atoms with Crippen LogP contribution in [0.5, 0.6) is 5.75 Å². The zero-order valence-electron chi connectivity index (χ0n) is 9.59. The van der Waals surface area contributed by atoms with E-state index in [1.165, 1.54) is 12.3 Å². The predicted molar refractivity (Wildman–Crippen MR) is 64.3 cm³/mol. The number of aromatic hydroxyl groups is 1. The molecule has 1 aromatic carbocycles. The van der Waals surface area contributed by atoms with E-state index in [0.717, 1.165) is 5.56 Å². The lowest BCUT2D eigenvalue weighted by Gasteiger charge is -2.05. The van der Waals surface area contributed by atoms with Crippen LogP contribution in [0.15, 0.2) is 41.0 Å². The van der Waals surface area contributed by atoms with Gasteiger partial charge >= 0.3 is 5.97 Å². The monoisotopic (exact) mass is 247 g/mol. The fourth-order valence-corrected chi connectivity index (χ4v) is 1.64. The first-order valence-electron chi connectivity index (χ1n) is 5.45. The van der Waals surface area contributed by atoms with Crippen molar-refractivity contribution in [1.82, 2.24) is 5.32 Å². The van der Waals surface area contributed by atoms with E-state index in [9.17, 15) is 9.90 Å². The van der Waals surface area contributed by atoms with E-state index in [-0.39, 0.29) is 11.3 Å². The van der Waals surface area contributed by atoms with E-state index in [0.29, 0.717) is 18.8 Å². The van der Waals surface area contributed by atoms with Crippen LogP contribution in [0, 0.1) is 0 Å². The fourth-order valence-electron chi connectivity index (χ4n) is 1.64. The number of benzene rings is 1. The summed E-state index contributed by atoms with van der Waals surface area (Å²) in [4.78, 5) is 10.8. The number of hydrogen-bond acceptors (Lipinski definition) is 4. The van der Waals surface area contributed by atoms with Gasteiger partial charge in [0.05, 0.1) is 12.8 Å². The van der Waals surface area contributed by atoms with Gasteiger partial charge in [-0.15, -0.1) is 0 Å². The Bertz CT molecular complexity index is 547. The summed E-state index contributed by atoms with van der Waals surface area (Å²) in [5, 5.41) is 21.5. The molecule has 0 spiro atoms.